The van der Waals surface area contributed by atoms with Crippen LogP contribution in [-0.4, -0.2) is 52.3 Å². The number of alkyl halides is 3. The molecule has 2 aromatic carbocycles. The van der Waals surface area contributed by atoms with Crippen LogP contribution < -0.4 is 10.6 Å². The Morgan fingerprint density at radius 1 is 1.08 bits per heavy atom. The van der Waals surface area contributed by atoms with Crippen molar-refractivity contribution >= 4 is 40.2 Å². The fourth-order valence-electron chi connectivity index (χ4n) is 4.59. The van der Waals surface area contributed by atoms with Crippen molar-refractivity contribution in [3.8, 4) is 0 Å². The molecule has 2 heterocycles. The van der Waals surface area contributed by atoms with E-state index in [0.29, 0.717) is 30.0 Å². The van der Waals surface area contributed by atoms with Gasteiger partial charge in [-0.25, -0.2) is 9.79 Å². The van der Waals surface area contributed by atoms with Crippen molar-refractivity contribution in [1.82, 2.24) is 9.80 Å². The van der Waals surface area contributed by atoms with Gasteiger partial charge in [0.1, 0.15) is 0 Å². The molecule has 2 aliphatic heterocycles. The number of nitrogens with zero attached hydrogens (tertiary/aromatic N) is 3. The lowest BCUT2D eigenvalue weighted by atomic mass is 9.93. The number of allylic oxidation sites excluding steroid dienone is 1. The Kier molecular flexibility index (Phi) is 8.35. The van der Waals surface area contributed by atoms with Crippen LogP contribution in [0, 0.1) is 0 Å². The average molecular weight is 546 g/mol. The van der Waals surface area contributed by atoms with Crippen LogP contribution in [0.4, 0.5) is 29.3 Å². The summed E-state index contributed by atoms with van der Waals surface area (Å²) in [5.74, 6) is 0.898. The van der Waals surface area contributed by atoms with Crippen LogP contribution in [0.3, 0.4) is 0 Å². The number of amidine groups is 1. The van der Waals surface area contributed by atoms with Gasteiger partial charge in [0.25, 0.3) is 5.91 Å². The minimum absolute atomic E-state index is 0.0608. The van der Waals surface area contributed by atoms with E-state index in [1.54, 1.807) is 28.8 Å². The fourth-order valence-corrected chi connectivity index (χ4v) is 5.61. The predicted octanol–water partition coefficient (Wildman–Crippen LogP) is 6.34. The number of likely N-dealkylation sites (N-methyl/N-ethyl adjacent to an activating group) is 1. The summed E-state index contributed by atoms with van der Waals surface area (Å²) >= 11 is 1.67. The second-order valence-corrected chi connectivity index (χ2v) is 10.0. The van der Waals surface area contributed by atoms with Crippen LogP contribution in [-0.2, 0) is 11.0 Å². The number of carbonyl (C=O) groups excluding carboxylic acids is 2. The molecule has 0 radical (unpaired) electrons. The zero-order chi connectivity index (χ0) is 27.4. The van der Waals surface area contributed by atoms with Crippen molar-refractivity contribution in [1.29, 1.82) is 0 Å². The second-order valence-electron chi connectivity index (χ2n) is 8.95. The van der Waals surface area contributed by atoms with E-state index in [1.165, 1.54) is 12.1 Å². The minimum Gasteiger partial charge on any atom is -0.340 e. The number of rotatable bonds is 6. The number of thioether (sulfide) groups is 1. The molecule has 0 aromatic heterocycles. The summed E-state index contributed by atoms with van der Waals surface area (Å²) in [6.07, 6.45) is -3.49. The number of amides is 3. The Morgan fingerprint density at radius 2 is 1.76 bits per heavy atom. The number of aliphatic imine (C=N–C) groups is 1. The highest BCUT2D eigenvalue weighted by Gasteiger charge is 2.38. The molecular weight excluding hydrogens is 515 g/mol. The number of hydrogen-bond acceptors (Lipinski definition) is 5. The van der Waals surface area contributed by atoms with Gasteiger partial charge in [0.05, 0.1) is 22.9 Å². The van der Waals surface area contributed by atoms with Crippen LogP contribution in [0.1, 0.15) is 44.4 Å². The first-order valence-electron chi connectivity index (χ1n) is 12.5. The van der Waals surface area contributed by atoms with Gasteiger partial charge >= 0.3 is 12.2 Å². The summed E-state index contributed by atoms with van der Waals surface area (Å²) in [6.45, 7) is 7.67. The van der Waals surface area contributed by atoms with Crippen LogP contribution in [0.5, 0.6) is 0 Å². The number of urea groups is 1. The van der Waals surface area contributed by atoms with Gasteiger partial charge in [0.15, 0.2) is 5.17 Å². The van der Waals surface area contributed by atoms with Gasteiger partial charge in [-0.1, -0.05) is 23.9 Å². The van der Waals surface area contributed by atoms with Gasteiger partial charge in [0.2, 0.25) is 0 Å². The highest BCUT2D eigenvalue weighted by atomic mass is 32.2. The molecule has 4 rings (SSSR count). The van der Waals surface area contributed by atoms with Crippen molar-refractivity contribution in [2.75, 3.05) is 36.0 Å². The van der Waals surface area contributed by atoms with Crippen LogP contribution in [0.25, 0.3) is 0 Å². The Morgan fingerprint density at radius 3 is 2.42 bits per heavy atom. The van der Waals surface area contributed by atoms with Crippen LogP contribution in [0.2, 0.25) is 0 Å². The predicted molar refractivity (Wildman–Crippen MR) is 145 cm³/mol. The first-order valence-corrected chi connectivity index (χ1v) is 13.4. The molecule has 2 aromatic rings. The summed E-state index contributed by atoms with van der Waals surface area (Å²) in [4.78, 5) is 34.9. The van der Waals surface area contributed by atoms with E-state index in [-0.39, 0.29) is 17.6 Å². The topological polar surface area (TPSA) is 77.0 Å². The fraction of sp³-hybridized carbons (Fsp3) is 0.370. The zero-order valence-electron chi connectivity index (χ0n) is 21.4. The molecule has 1 atom stereocenters. The minimum atomic E-state index is -4.45. The molecule has 1 saturated heterocycles. The molecule has 0 aliphatic carbocycles. The van der Waals surface area contributed by atoms with Gasteiger partial charge in [-0.3, -0.25) is 4.79 Å². The highest BCUT2D eigenvalue weighted by Crippen LogP contribution is 2.40. The molecule has 2 N–H and O–H groups in total. The van der Waals surface area contributed by atoms with Crippen molar-refractivity contribution in [2.45, 2.75) is 39.4 Å². The lowest BCUT2D eigenvalue weighted by Crippen LogP contribution is -2.45. The van der Waals surface area contributed by atoms with Gasteiger partial charge < -0.3 is 20.4 Å². The average Bonchev–Trinajstić information content (AvgIpc) is 2.88. The van der Waals surface area contributed by atoms with E-state index in [0.717, 1.165) is 41.6 Å². The summed E-state index contributed by atoms with van der Waals surface area (Å²) in [5, 5.41) is 6.19. The number of benzene rings is 2. The van der Waals surface area contributed by atoms with Crippen LogP contribution >= 0.6 is 11.8 Å². The summed E-state index contributed by atoms with van der Waals surface area (Å²) in [5.41, 5.74) is 2.07. The number of anilines is 2. The van der Waals surface area contributed by atoms with E-state index >= 15 is 0 Å². The molecule has 3 amide bonds. The van der Waals surface area contributed by atoms with Gasteiger partial charge in [0, 0.05) is 36.8 Å². The molecule has 0 spiro atoms. The van der Waals surface area contributed by atoms with E-state index < -0.39 is 17.8 Å². The summed E-state index contributed by atoms with van der Waals surface area (Å²) in [7, 11) is 0. The molecule has 38 heavy (non-hydrogen) atoms. The molecule has 202 valence electrons. The molecule has 1 unspecified atom stereocenters. The SMILES string of the molecule is CCN(CC)C(=O)C1=C(C)N=C2SCCCN2C1c1cccc(NC(=O)Nc2ccc(C(F)(F)F)cc2)c1. The third kappa shape index (κ3) is 5.98. The first-order chi connectivity index (χ1) is 18.1. The van der Waals surface area contributed by atoms with Crippen molar-refractivity contribution in [3.05, 3.63) is 70.9 Å². The van der Waals surface area contributed by atoms with Crippen LogP contribution in [0.15, 0.2) is 64.8 Å². The highest BCUT2D eigenvalue weighted by molar-refractivity contribution is 8.13. The summed E-state index contributed by atoms with van der Waals surface area (Å²) < 4.78 is 38.4. The molecule has 7 nitrogen and oxygen atoms in total. The van der Waals surface area contributed by atoms with Gasteiger partial charge in [-0.05, 0) is 69.2 Å². The first kappa shape index (κ1) is 27.6. The molecule has 0 saturated carbocycles. The number of fused-ring (bicyclic) bond motifs is 1. The molecule has 0 bridgehead atoms. The normalized spacial score (nSPS) is 17.5. The smallest absolute Gasteiger partial charge is 0.340 e. The monoisotopic (exact) mass is 545 g/mol. The van der Waals surface area contributed by atoms with Gasteiger partial charge in [-0.2, -0.15) is 13.2 Å². The van der Waals surface area contributed by atoms with Crippen molar-refractivity contribution in [3.63, 3.8) is 0 Å². The number of nitrogens with one attached hydrogen (secondary N) is 2. The third-order valence-corrected chi connectivity index (χ3v) is 7.55. The standard InChI is InChI=1S/C27H30F3N5O2S/c1-4-34(5-2)24(36)22-17(3)31-26-35(14-7-15-38-26)23(22)18-8-6-9-21(16-18)33-25(37)32-20-12-10-19(11-13-20)27(28,29)30/h6,8-13,16,23H,4-5,7,14-15H2,1-3H3,(H2,32,33,37). The van der Waals surface area contributed by atoms with E-state index in [2.05, 4.69) is 15.5 Å². The second kappa shape index (κ2) is 11.5. The maximum absolute atomic E-state index is 13.6. The largest absolute Gasteiger partial charge is 0.416 e. The van der Waals surface area contributed by atoms with E-state index in [1.807, 2.05) is 32.9 Å². The quantitative estimate of drug-likeness (QED) is 0.444. The maximum atomic E-state index is 13.6. The number of halogens is 3. The molecule has 2 aliphatic rings. The molecule has 1 fully saturated rings. The lowest BCUT2D eigenvalue weighted by Gasteiger charge is -2.41. The zero-order valence-corrected chi connectivity index (χ0v) is 22.2. The Labute approximate surface area is 224 Å². The van der Waals surface area contributed by atoms with Crippen molar-refractivity contribution in [2.24, 2.45) is 4.99 Å². The third-order valence-electron chi connectivity index (χ3n) is 6.47. The molecular formula is C27H30F3N5O2S. The number of hydrogen-bond donors (Lipinski definition) is 2. The Hall–Kier alpha value is -3.47. The van der Waals surface area contributed by atoms with Gasteiger partial charge in [-0.15, -0.1) is 0 Å². The van der Waals surface area contributed by atoms with Crippen molar-refractivity contribution < 1.29 is 22.8 Å². The lowest BCUT2D eigenvalue weighted by molar-refractivity contribution is -0.137. The Balaban J connectivity index is 1.59. The Bertz CT molecular complexity index is 1260. The van der Waals surface area contributed by atoms with E-state index in [4.69, 9.17) is 4.99 Å². The maximum Gasteiger partial charge on any atom is 0.416 e. The number of carbonyl (C=O) groups is 2. The molecule has 11 heteroatoms. The van der Waals surface area contributed by atoms with E-state index in [9.17, 15) is 22.8 Å². The summed E-state index contributed by atoms with van der Waals surface area (Å²) in [6, 6.07) is 10.6.